The molecule has 2 fully saturated rings. The first-order valence-electron chi connectivity index (χ1n) is 7.99. The van der Waals surface area contributed by atoms with Gasteiger partial charge in [0.15, 0.2) is 0 Å². The highest BCUT2D eigenvalue weighted by Crippen LogP contribution is 2.33. The van der Waals surface area contributed by atoms with Crippen molar-refractivity contribution in [2.24, 2.45) is 11.8 Å². The first-order chi connectivity index (χ1) is 9.45. The zero-order valence-electron chi connectivity index (χ0n) is 13.3. The monoisotopic (exact) mass is 288 g/mol. The van der Waals surface area contributed by atoms with Gasteiger partial charge >= 0.3 is 0 Å². The molecule has 1 aromatic rings. The SMILES string of the molecule is CC1C2CNCC2CN1Cc1ccc([Si](C)(C)C)cc1. The zero-order valence-corrected chi connectivity index (χ0v) is 14.3. The summed E-state index contributed by atoms with van der Waals surface area (Å²) in [6.07, 6.45) is 0. The fraction of sp³-hybridized carbons (Fsp3) is 0.647. The van der Waals surface area contributed by atoms with Crippen molar-refractivity contribution < 1.29 is 0 Å². The Morgan fingerprint density at radius 1 is 1.15 bits per heavy atom. The van der Waals surface area contributed by atoms with Crippen LogP contribution in [0.3, 0.4) is 0 Å². The second-order valence-electron chi connectivity index (χ2n) is 7.70. The highest BCUT2D eigenvalue weighted by Gasteiger charge is 2.41. The molecule has 0 amide bonds. The Labute approximate surface area is 124 Å². The van der Waals surface area contributed by atoms with E-state index in [1.807, 2.05) is 0 Å². The second-order valence-corrected chi connectivity index (χ2v) is 12.8. The van der Waals surface area contributed by atoms with Crippen LogP contribution in [0.5, 0.6) is 0 Å². The van der Waals surface area contributed by atoms with Crippen LogP contribution in [0, 0.1) is 11.8 Å². The molecule has 0 radical (unpaired) electrons. The summed E-state index contributed by atoms with van der Waals surface area (Å²) < 4.78 is 0. The van der Waals surface area contributed by atoms with Gasteiger partial charge in [-0.3, -0.25) is 4.90 Å². The van der Waals surface area contributed by atoms with Crippen molar-refractivity contribution in [1.29, 1.82) is 0 Å². The van der Waals surface area contributed by atoms with E-state index in [1.54, 1.807) is 5.19 Å². The Hall–Kier alpha value is -0.643. The van der Waals surface area contributed by atoms with Crippen LogP contribution in [0.15, 0.2) is 24.3 Å². The summed E-state index contributed by atoms with van der Waals surface area (Å²) >= 11 is 0. The standard InChI is InChI=1S/C17H28N2Si/c1-13-17-10-18-9-15(17)12-19(13)11-14-5-7-16(8-6-14)20(2,3)4/h5-8,13,15,17-18H,9-12H2,1-4H3. The first kappa shape index (κ1) is 14.3. The van der Waals surface area contributed by atoms with Crippen LogP contribution in [0.4, 0.5) is 0 Å². The molecule has 110 valence electrons. The van der Waals surface area contributed by atoms with Gasteiger partial charge in [-0.15, -0.1) is 0 Å². The molecular formula is C17H28N2Si. The number of hydrogen-bond acceptors (Lipinski definition) is 2. The van der Waals surface area contributed by atoms with E-state index in [2.05, 4.69) is 61.0 Å². The lowest BCUT2D eigenvalue weighted by Gasteiger charge is -2.25. The summed E-state index contributed by atoms with van der Waals surface area (Å²) in [4.78, 5) is 2.68. The van der Waals surface area contributed by atoms with Crippen LogP contribution >= 0.6 is 0 Å². The fourth-order valence-electron chi connectivity index (χ4n) is 3.81. The molecule has 0 saturated carbocycles. The molecule has 0 bridgehead atoms. The summed E-state index contributed by atoms with van der Waals surface area (Å²) in [6, 6.07) is 10.2. The third-order valence-electron chi connectivity index (χ3n) is 5.26. The maximum Gasteiger partial charge on any atom is 0.0775 e. The summed E-state index contributed by atoms with van der Waals surface area (Å²) in [5.41, 5.74) is 1.48. The molecule has 2 aliphatic heterocycles. The van der Waals surface area contributed by atoms with Crippen molar-refractivity contribution in [2.45, 2.75) is 39.2 Å². The molecule has 3 atom stereocenters. The van der Waals surface area contributed by atoms with E-state index >= 15 is 0 Å². The highest BCUT2D eigenvalue weighted by molar-refractivity contribution is 6.88. The molecule has 2 nitrogen and oxygen atoms in total. The maximum atomic E-state index is 3.54. The molecular weight excluding hydrogens is 260 g/mol. The molecule has 0 aliphatic carbocycles. The summed E-state index contributed by atoms with van der Waals surface area (Å²) in [7, 11) is -1.15. The van der Waals surface area contributed by atoms with Gasteiger partial charge in [0.25, 0.3) is 0 Å². The topological polar surface area (TPSA) is 15.3 Å². The first-order valence-corrected chi connectivity index (χ1v) is 11.5. The van der Waals surface area contributed by atoms with Crippen molar-refractivity contribution in [3.63, 3.8) is 0 Å². The van der Waals surface area contributed by atoms with Gasteiger partial charge in [-0.2, -0.15) is 0 Å². The van der Waals surface area contributed by atoms with Crippen LogP contribution in [0.25, 0.3) is 0 Å². The molecule has 2 heterocycles. The molecule has 1 aromatic carbocycles. The van der Waals surface area contributed by atoms with Crippen molar-refractivity contribution in [3.8, 4) is 0 Å². The third-order valence-corrected chi connectivity index (χ3v) is 7.33. The zero-order chi connectivity index (χ0) is 14.3. The quantitative estimate of drug-likeness (QED) is 0.859. The highest BCUT2D eigenvalue weighted by atomic mass is 28.3. The van der Waals surface area contributed by atoms with E-state index in [0.29, 0.717) is 0 Å². The largest absolute Gasteiger partial charge is 0.316 e. The number of hydrogen-bond donors (Lipinski definition) is 1. The molecule has 0 aromatic heterocycles. The Bertz CT molecular complexity index is 463. The van der Waals surface area contributed by atoms with Gasteiger partial charge in [0.05, 0.1) is 8.07 Å². The maximum absolute atomic E-state index is 3.54. The predicted molar refractivity (Wildman–Crippen MR) is 89.1 cm³/mol. The van der Waals surface area contributed by atoms with Crippen molar-refractivity contribution >= 4 is 13.3 Å². The van der Waals surface area contributed by atoms with Gasteiger partial charge in [0.1, 0.15) is 0 Å². The summed E-state index contributed by atoms with van der Waals surface area (Å²) in [6.45, 7) is 14.5. The number of nitrogens with zero attached hydrogens (tertiary/aromatic N) is 1. The molecule has 0 spiro atoms. The lowest BCUT2D eigenvalue weighted by molar-refractivity contribution is 0.231. The van der Waals surface area contributed by atoms with E-state index in [1.165, 1.54) is 25.2 Å². The lowest BCUT2D eigenvalue weighted by atomic mass is 9.95. The molecule has 3 rings (SSSR count). The van der Waals surface area contributed by atoms with Crippen LogP contribution in [-0.4, -0.2) is 38.6 Å². The van der Waals surface area contributed by atoms with E-state index in [0.717, 1.165) is 24.4 Å². The van der Waals surface area contributed by atoms with Gasteiger partial charge < -0.3 is 5.32 Å². The smallest absolute Gasteiger partial charge is 0.0775 e. The number of likely N-dealkylation sites (tertiary alicyclic amines) is 1. The molecule has 3 unspecified atom stereocenters. The van der Waals surface area contributed by atoms with Gasteiger partial charge in [0.2, 0.25) is 0 Å². The average molecular weight is 289 g/mol. The van der Waals surface area contributed by atoms with Crippen molar-refractivity contribution in [2.75, 3.05) is 19.6 Å². The summed E-state index contributed by atoms with van der Waals surface area (Å²) in [5.74, 6) is 1.75. The minimum absolute atomic E-state index is 0.728. The number of fused-ring (bicyclic) bond motifs is 1. The number of rotatable bonds is 3. The van der Waals surface area contributed by atoms with Crippen LogP contribution in [-0.2, 0) is 6.54 Å². The normalized spacial score (nSPS) is 30.7. The Balaban J connectivity index is 1.67. The minimum atomic E-state index is -1.15. The van der Waals surface area contributed by atoms with Crippen LogP contribution < -0.4 is 10.5 Å². The van der Waals surface area contributed by atoms with Crippen LogP contribution in [0.1, 0.15) is 12.5 Å². The van der Waals surface area contributed by atoms with E-state index in [9.17, 15) is 0 Å². The molecule has 2 saturated heterocycles. The number of benzene rings is 1. The third kappa shape index (κ3) is 2.72. The number of nitrogens with one attached hydrogen (secondary N) is 1. The van der Waals surface area contributed by atoms with Gasteiger partial charge in [-0.05, 0) is 37.4 Å². The molecule has 3 heteroatoms. The Kier molecular flexibility index (Phi) is 3.78. The van der Waals surface area contributed by atoms with E-state index in [-0.39, 0.29) is 0 Å². The average Bonchev–Trinajstić information content (AvgIpc) is 2.94. The Morgan fingerprint density at radius 2 is 1.85 bits per heavy atom. The van der Waals surface area contributed by atoms with Crippen molar-refractivity contribution in [1.82, 2.24) is 10.2 Å². The fourth-order valence-corrected chi connectivity index (χ4v) is 4.98. The summed E-state index contributed by atoms with van der Waals surface area (Å²) in [5, 5.41) is 5.11. The predicted octanol–water partition coefficient (Wildman–Crippen LogP) is 2.27. The van der Waals surface area contributed by atoms with Gasteiger partial charge in [0, 0.05) is 19.1 Å². The van der Waals surface area contributed by atoms with Crippen LogP contribution in [0.2, 0.25) is 19.6 Å². The Morgan fingerprint density at radius 3 is 2.45 bits per heavy atom. The molecule has 2 aliphatic rings. The second kappa shape index (κ2) is 5.28. The van der Waals surface area contributed by atoms with Crippen molar-refractivity contribution in [3.05, 3.63) is 29.8 Å². The van der Waals surface area contributed by atoms with E-state index in [4.69, 9.17) is 0 Å². The van der Waals surface area contributed by atoms with Gasteiger partial charge in [-0.1, -0.05) is 49.1 Å². The van der Waals surface area contributed by atoms with Gasteiger partial charge in [-0.25, -0.2) is 0 Å². The van der Waals surface area contributed by atoms with E-state index < -0.39 is 8.07 Å². The molecule has 20 heavy (non-hydrogen) atoms. The lowest BCUT2D eigenvalue weighted by Crippen LogP contribution is -2.37. The minimum Gasteiger partial charge on any atom is -0.316 e. The molecule has 1 N–H and O–H groups in total.